The molecular weight excluding hydrogens is 848 g/mol. The van der Waals surface area contributed by atoms with Crippen LogP contribution in [0.5, 0.6) is 0 Å². The summed E-state index contributed by atoms with van der Waals surface area (Å²) in [6, 6.07) is 10.2. The Kier molecular flexibility index (Phi) is 14.2. The third-order valence-electron chi connectivity index (χ3n) is 9.67. The molecular formula is C38H54CuN12O6S2. The van der Waals surface area contributed by atoms with Crippen LogP contribution >= 0.6 is 0 Å². The van der Waals surface area contributed by atoms with Crippen molar-refractivity contribution >= 4 is 20.2 Å². The topological polar surface area (TPSA) is 221 Å². The monoisotopic (exact) mass is 901 g/mol. The molecule has 0 N–H and O–H groups in total. The van der Waals surface area contributed by atoms with E-state index in [1.54, 1.807) is 36.4 Å². The average Bonchev–Trinajstić information content (AvgIpc) is 3.96. The summed E-state index contributed by atoms with van der Waals surface area (Å²) in [5.74, 6) is 0.311. The second-order valence-electron chi connectivity index (χ2n) is 16.1. The van der Waals surface area contributed by atoms with Crippen LogP contribution in [0.4, 0.5) is 0 Å². The molecule has 0 aliphatic rings. The van der Waals surface area contributed by atoms with E-state index in [4.69, 9.17) is 0 Å². The van der Waals surface area contributed by atoms with Crippen molar-refractivity contribution < 1.29 is 43.0 Å². The molecule has 0 spiro atoms. The Labute approximate surface area is 357 Å². The van der Waals surface area contributed by atoms with Crippen LogP contribution in [-0.4, -0.2) is 84.6 Å². The van der Waals surface area contributed by atoms with Gasteiger partial charge in [-0.3, -0.25) is 0 Å². The van der Waals surface area contributed by atoms with E-state index in [0.717, 1.165) is 28.1 Å². The summed E-state index contributed by atoms with van der Waals surface area (Å²) in [6.07, 6.45) is 8.91. The van der Waals surface area contributed by atoms with Crippen LogP contribution < -0.4 is 0 Å². The number of hydrogen-bond acceptors (Lipinski definition) is 12. The van der Waals surface area contributed by atoms with E-state index in [2.05, 4.69) is 30.6 Å². The van der Waals surface area contributed by atoms with Gasteiger partial charge in [0.1, 0.15) is 0 Å². The molecule has 18 nitrogen and oxygen atoms in total. The van der Waals surface area contributed by atoms with Crippen molar-refractivity contribution in [3.63, 3.8) is 0 Å². The third-order valence-corrected chi connectivity index (χ3v) is 12.1. The molecule has 0 aliphatic heterocycles. The van der Waals surface area contributed by atoms with Crippen molar-refractivity contribution in [1.29, 1.82) is 0 Å². The molecule has 6 aromatic rings. The first-order valence-corrected chi connectivity index (χ1v) is 22.0. The van der Waals surface area contributed by atoms with Gasteiger partial charge in [-0.1, -0.05) is 83.1 Å². The summed E-state index contributed by atoms with van der Waals surface area (Å²) >= 11 is 0. The van der Waals surface area contributed by atoms with Gasteiger partial charge in [-0.25, -0.2) is 44.9 Å². The van der Waals surface area contributed by atoms with Crippen LogP contribution in [0.15, 0.2) is 73.6 Å². The molecule has 0 aromatic carbocycles. The molecule has 59 heavy (non-hydrogen) atoms. The van der Waals surface area contributed by atoms with Crippen LogP contribution in [0.3, 0.4) is 0 Å². The van der Waals surface area contributed by atoms with Crippen molar-refractivity contribution in [3.05, 3.63) is 108 Å². The van der Waals surface area contributed by atoms with Gasteiger partial charge in [-0.05, 0) is 71.9 Å². The maximum Gasteiger partial charge on any atom is 2.00 e. The molecule has 0 bridgehead atoms. The molecule has 0 saturated carbocycles. The Morgan fingerprint density at radius 3 is 0.593 bits per heavy atom. The van der Waals surface area contributed by atoms with Crippen molar-refractivity contribution in [2.45, 2.75) is 129 Å². The fourth-order valence-corrected chi connectivity index (χ4v) is 8.15. The van der Waals surface area contributed by atoms with Gasteiger partial charge in [-0.2, -0.15) is 30.6 Å². The fraction of sp³-hybridized carbons (Fsp3) is 0.526. The summed E-state index contributed by atoms with van der Waals surface area (Å²) < 4.78 is 84.0. The minimum Gasteiger partial charge on any atom is -0.743 e. The van der Waals surface area contributed by atoms with Crippen LogP contribution in [0, 0.1) is 0 Å². The molecule has 0 atom stereocenters. The van der Waals surface area contributed by atoms with Crippen LogP contribution in [0.1, 0.15) is 153 Å². The zero-order chi connectivity index (χ0) is 43.1. The Bertz CT molecular complexity index is 2140. The molecule has 0 unspecified atom stereocenters. The van der Waals surface area contributed by atoms with Gasteiger partial charge in [-0.15, -0.1) is 0 Å². The summed E-state index contributed by atoms with van der Waals surface area (Å²) in [4.78, 5) is 0. The predicted octanol–water partition coefficient (Wildman–Crippen LogP) is 5.71. The smallest absolute Gasteiger partial charge is 0.743 e. The molecule has 21 heteroatoms. The quantitative estimate of drug-likeness (QED) is 0.0948. The number of rotatable bonds is 14. The van der Waals surface area contributed by atoms with E-state index in [0.29, 0.717) is 34.2 Å². The molecule has 6 heterocycles. The average molecular weight is 903 g/mol. The Morgan fingerprint density at radius 2 is 0.508 bits per heavy atom. The zero-order valence-electron chi connectivity index (χ0n) is 35.3. The number of hydrogen-bond donors (Lipinski definition) is 0. The van der Waals surface area contributed by atoms with E-state index in [9.17, 15) is 25.9 Å². The molecule has 325 valence electrons. The molecule has 0 saturated heterocycles. The SMILES string of the molecule is CC(C)c1ccn(C(n2ccc(C(C)C)n2)(n2ccc(C(C)C)n2)S(=O)(=O)[O-])n1.CC(C)c1ccn(C(n2ccc(C(C)C)n2)(n2ccc(C(C)C)n2)S(=O)(=O)[O-])n1.[Cu+2]. The largest absolute Gasteiger partial charge is 2.00 e. The maximum atomic E-state index is 12.9. The summed E-state index contributed by atoms with van der Waals surface area (Å²) in [5.41, 5.74) is 3.95. The Hall–Kier alpha value is -4.40. The van der Waals surface area contributed by atoms with Crippen molar-refractivity contribution in [3.8, 4) is 0 Å². The van der Waals surface area contributed by atoms with E-state index >= 15 is 0 Å². The van der Waals surface area contributed by atoms with E-state index in [-0.39, 0.29) is 52.6 Å². The second kappa shape index (κ2) is 17.7. The van der Waals surface area contributed by atoms with Gasteiger partial charge >= 0.3 is 27.3 Å². The Balaban J connectivity index is 0.000000256. The maximum absolute atomic E-state index is 12.9. The van der Waals surface area contributed by atoms with Crippen molar-refractivity contribution in [2.24, 2.45) is 0 Å². The first-order valence-electron chi connectivity index (χ1n) is 19.2. The van der Waals surface area contributed by atoms with Crippen molar-refractivity contribution in [1.82, 2.24) is 58.7 Å². The van der Waals surface area contributed by atoms with Gasteiger partial charge in [0.2, 0.25) is 0 Å². The first kappa shape index (κ1) is 47.3. The van der Waals surface area contributed by atoms with Gasteiger partial charge in [0.15, 0.2) is 20.2 Å². The molecule has 0 aliphatic carbocycles. The van der Waals surface area contributed by atoms with Gasteiger partial charge in [0.25, 0.3) is 0 Å². The van der Waals surface area contributed by atoms with Gasteiger partial charge in [0.05, 0.1) is 34.2 Å². The number of aromatic nitrogens is 12. The summed E-state index contributed by atoms with van der Waals surface area (Å²) in [5, 5.41) is 21.9. The van der Waals surface area contributed by atoms with Crippen LogP contribution in [0.25, 0.3) is 0 Å². The number of nitrogens with zero attached hydrogens (tertiary/aromatic N) is 12. The minimum atomic E-state index is -5.07. The Morgan fingerprint density at radius 1 is 0.373 bits per heavy atom. The molecule has 0 amide bonds. The third kappa shape index (κ3) is 8.77. The molecule has 1 radical (unpaired) electrons. The standard InChI is InChI=1S/2C19H28N6O3S.Cu/c2*1-13(2)16-7-10-23(20-16)19(29(26,27)28,24-11-8-17(21-24)14(3)4)25-12-9-18(22-25)15(5)6;/h2*7-15H,1-6H3,(H,26,27,28);/q;;+2/p-2. The van der Waals surface area contributed by atoms with Gasteiger partial charge in [0, 0.05) is 37.2 Å². The normalized spacial score (nSPS) is 12.9. The molecule has 6 rings (SSSR count). The van der Waals surface area contributed by atoms with Crippen molar-refractivity contribution in [2.75, 3.05) is 0 Å². The molecule has 0 fully saturated rings. The predicted molar refractivity (Wildman–Crippen MR) is 215 cm³/mol. The van der Waals surface area contributed by atoms with E-state index in [1.807, 2.05) is 83.1 Å². The van der Waals surface area contributed by atoms with Gasteiger partial charge < -0.3 is 9.11 Å². The second-order valence-corrected chi connectivity index (χ2v) is 19.0. The fourth-order valence-electron chi connectivity index (χ4n) is 6.17. The summed E-state index contributed by atoms with van der Waals surface area (Å²) in [7, 11) is -10.1. The van der Waals surface area contributed by atoms with Crippen LogP contribution in [0.2, 0.25) is 0 Å². The minimum absolute atomic E-state index is 0. The van der Waals surface area contributed by atoms with E-state index in [1.165, 1.54) is 37.2 Å². The van der Waals surface area contributed by atoms with E-state index < -0.39 is 30.5 Å². The zero-order valence-corrected chi connectivity index (χ0v) is 37.9. The molecule has 6 aromatic heterocycles. The first-order chi connectivity index (χ1) is 27.0. The van der Waals surface area contributed by atoms with Crippen LogP contribution in [-0.2, 0) is 47.5 Å². The summed E-state index contributed by atoms with van der Waals surface area (Å²) in [6.45, 7) is 23.3.